The maximum absolute atomic E-state index is 12.3. The van der Waals surface area contributed by atoms with Crippen molar-refractivity contribution >= 4 is 11.9 Å². The van der Waals surface area contributed by atoms with Crippen molar-refractivity contribution in [3.63, 3.8) is 0 Å². The number of carboxylic acids is 1. The van der Waals surface area contributed by atoms with Gasteiger partial charge in [-0.1, -0.05) is 18.9 Å². The first kappa shape index (κ1) is 15.0. The summed E-state index contributed by atoms with van der Waals surface area (Å²) in [6, 6.07) is 0. The van der Waals surface area contributed by atoms with Gasteiger partial charge in [0.05, 0.1) is 12.0 Å². The van der Waals surface area contributed by atoms with E-state index in [-0.39, 0.29) is 12.3 Å². The Balaban J connectivity index is 1.94. The molecular formula is C15H23NO4. The van der Waals surface area contributed by atoms with Crippen molar-refractivity contribution < 1.29 is 19.4 Å². The van der Waals surface area contributed by atoms with Crippen LogP contribution in [0.3, 0.4) is 0 Å². The van der Waals surface area contributed by atoms with Crippen molar-refractivity contribution in [3.05, 3.63) is 11.6 Å². The second kappa shape index (κ2) is 6.39. The molecule has 1 aliphatic heterocycles. The van der Waals surface area contributed by atoms with Crippen LogP contribution in [0, 0.1) is 5.41 Å². The molecule has 1 heterocycles. The van der Waals surface area contributed by atoms with Gasteiger partial charge in [0.2, 0.25) is 5.91 Å². The smallest absolute Gasteiger partial charge is 0.310 e. The zero-order valence-electron chi connectivity index (χ0n) is 12.1. The number of methoxy groups -OCH3 is 1. The minimum atomic E-state index is -0.812. The number of aliphatic carboxylic acids is 1. The number of carbonyl (C=O) groups is 2. The van der Waals surface area contributed by atoms with Crippen LogP contribution in [-0.2, 0) is 14.3 Å². The van der Waals surface area contributed by atoms with Crippen molar-refractivity contribution in [1.29, 1.82) is 0 Å². The summed E-state index contributed by atoms with van der Waals surface area (Å²) >= 11 is 0. The number of hydrogen-bond donors (Lipinski definition) is 1. The van der Waals surface area contributed by atoms with Crippen molar-refractivity contribution in [2.75, 3.05) is 26.8 Å². The van der Waals surface area contributed by atoms with E-state index in [1.54, 1.807) is 12.0 Å². The largest absolute Gasteiger partial charge is 0.481 e. The molecule has 20 heavy (non-hydrogen) atoms. The fourth-order valence-electron chi connectivity index (χ4n) is 3.17. The number of carbonyl (C=O) groups excluding carboxylic acids is 1. The Bertz CT molecular complexity index is 410. The fraction of sp³-hybridized carbons (Fsp3) is 0.733. The predicted molar refractivity (Wildman–Crippen MR) is 74.3 cm³/mol. The highest BCUT2D eigenvalue weighted by atomic mass is 16.5. The third-order valence-corrected chi connectivity index (χ3v) is 4.49. The van der Waals surface area contributed by atoms with Crippen LogP contribution >= 0.6 is 0 Å². The molecule has 1 aliphatic carbocycles. The number of ether oxygens (including phenoxy) is 1. The second-order valence-electron chi connectivity index (χ2n) is 5.85. The normalized spacial score (nSPS) is 21.6. The number of amides is 1. The molecular weight excluding hydrogens is 258 g/mol. The fourth-order valence-corrected chi connectivity index (χ4v) is 3.17. The third-order valence-electron chi connectivity index (χ3n) is 4.49. The highest BCUT2D eigenvalue weighted by molar-refractivity contribution is 5.85. The van der Waals surface area contributed by atoms with Gasteiger partial charge in [-0.15, -0.1) is 0 Å². The van der Waals surface area contributed by atoms with E-state index >= 15 is 0 Å². The van der Waals surface area contributed by atoms with E-state index in [2.05, 4.69) is 0 Å². The second-order valence-corrected chi connectivity index (χ2v) is 5.85. The van der Waals surface area contributed by atoms with Crippen molar-refractivity contribution in [2.45, 2.75) is 38.5 Å². The van der Waals surface area contributed by atoms with Gasteiger partial charge in [0.25, 0.3) is 0 Å². The molecule has 0 aromatic heterocycles. The highest BCUT2D eigenvalue weighted by Crippen LogP contribution is 2.41. The molecule has 2 rings (SSSR count). The van der Waals surface area contributed by atoms with Gasteiger partial charge < -0.3 is 14.7 Å². The topological polar surface area (TPSA) is 66.8 Å². The van der Waals surface area contributed by atoms with Gasteiger partial charge in [-0.2, -0.15) is 0 Å². The minimum absolute atomic E-state index is 0.0259. The lowest BCUT2D eigenvalue weighted by molar-refractivity contribution is -0.153. The summed E-state index contributed by atoms with van der Waals surface area (Å²) < 4.78 is 5.08. The highest BCUT2D eigenvalue weighted by Gasteiger charge is 2.43. The van der Waals surface area contributed by atoms with E-state index < -0.39 is 11.4 Å². The van der Waals surface area contributed by atoms with Crippen molar-refractivity contribution in [2.24, 2.45) is 5.41 Å². The molecule has 2 aliphatic rings. The first-order chi connectivity index (χ1) is 9.57. The summed E-state index contributed by atoms with van der Waals surface area (Å²) in [6.07, 6.45) is 6.08. The van der Waals surface area contributed by atoms with Gasteiger partial charge >= 0.3 is 5.97 Å². The van der Waals surface area contributed by atoms with E-state index in [1.165, 1.54) is 5.57 Å². The minimum Gasteiger partial charge on any atom is -0.481 e. The number of carboxylic acid groups (broad SMARTS) is 1. The van der Waals surface area contributed by atoms with Crippen molar-refractivity contribution in [3.8, 4) is 0 Å². The van der Waals surface area contributed by atoms with E-state index in [1.807, 2.05) is 6.08 Å². The standard InChI is InChI=1S/C15H23NO4/c1-20-11-12-4-8-16(9-5-12)13(17)10-15(14(18)19)6-2-3-7-15/h4H,2-3,5-11H2,1H3,(H,18,19). The number of hydrogen-bond acceptors (Lipinski definition) is 3. The predicted octanol–water partition coefficient (Wildman–Crippen LogP) is 1.83. The number of nitrogens with zero attached hydrogens (tertiary/aromatic N) is 1. The zero-order chi connectivity index (χ0) is 14.6. The summed E-state index contributed by atoms with van der Waals surface area (Å²) in [6.45, 7) is 1.86. The van der Waals surface area contributed by atoms with Gasteiger partial charge in [-0.25, -0.2) is 0 Å². The maximum atomic E-state index is 12.3. The van der Waals surface area contributed by atoms with Gasteiger partial charge in [0.1, 0.15) is 0 Å². The molecule has 5 heteroatoms. The van der Waals surface area contributed by atoms with Crippen LogP contribution in [0.4, 0.5) is 0 Å². The zero-order valence-corrected chi connectivity index (χ0v) is 12.1. The Morgan fingerprint density at radius 3 is 2.60 bits per heavy atom. The van der Waals surface area contributed by atoms with Crippen LogP contribution < -0.4 is 0 Å². The average Bonchev–Trinajstić information content (AvgIpc) is 2.90. The van der Waals surface area contributed by atoms with E-state index in [9.17, 15) is 14.7 Å². The monoisotopic (exact) mass is 281 g/mol. The molecule has 0 unspecified atom stereocenters. The van der Waals surface area contributed by atoms with E-state index in [0.29, 0.717) is 32.5 Å². The lowest BCUT2D eigenvalue weighted by Crippen LogP contribution is -2.40. The molecule has 0 atom stereocenters. The summed E-state index contributed by atoms with van der Waals surface area (Å²) in [4.78, 5) is 25.6. The molecule has 0 radical (unpaired) electrons. The third kappa shape index (κ3) is 3.20. The first-order valence-electron chi connectivity index (χ1n) is 7.25. The van der Waals surface area contributed by atoms with Crippen LogP contribution in [-0.4, -0.2) is 48.7 Å². The summed E-state index contributed by atoms with van der Waals surface area (Å²) in [5.41, 5.74) is 0.401. The van der Waals surface area contributed by atoms with Crippen LogP contribution in [0.5, 0.6) is 0 Å². The molecule has 0 bridgehead atoms. The number of rotatable bonds is 5. The van der Waals surface area contributed by atoms with Gasteiger partial charge in [0, 0.05) is 26.6 Å². The average molecular weight is 281 g/mol. The lowest BCUT2D eigenvalue weighted by atomic mass is 9.82. The van der Waals surface area contributed by atoms with E-state index in [4.69, 9.17) is 4.74 Å². The quantitative estimate of drug-likeness (QED) is 0.781. The summed E-state index contributed by atoms with van der Waals surface area (Å²) in [5.74, 6) is -0.835. The Labute approximate surface area is 119 Å². The Morgan fingerprint density at radius 2 is 2.10 bits per heavy atom. The molecule has 0 saturated heterocycles. The molecule has 112 valence electrons. The van der Waals surface area contributed by atoms with Crippen LogP contribution in [0.2, 0.25) is 0 Å². The Morgan fingerprint density at radius 1 is 1.40 bits per heavy atom. The molecule has 0 aromatic carbocycles. The molecule has 1 saturated carbocycles. The summed E-state index contributed by atoms with van der Waals surface area (Å²) in [7, 11) is 1.66. The molecule has 0 spiro atoms. The molecule has 0 aromatic rings. The van der Waals surface area contributed by atoms with Gasteiger partial charge in [-0.3, -0.25) is 9.59 Å². The van der Waals surface area contributed by atoms with Crippen LogP contribution in [0.15, 0.2) is 11.6 Å². The summed E-state index contributed by atoms with van der Waals surface area (Å²) in [5, 5.41) is 9.42. The molecule has 5 nitrogen and oxygen atoms in total. The first-order valence-corrected chi connectivity index (χ1v) is 7.25. The SMILES string of the molecule is COCC1=CCN(C(=O)CC2(C(=O)O)CCCC2)CC1. The van der Waals surface area contributed by atoms with Crippen molar-refractivity contribution in [1.82, 2.24) is 4.90 Å². The lowest BCUT2D eigenvalue weighted by Gasteiger charge is -2.30. The van der Waals surface area contributed by atoms with Gasteiger partial charge in [0.15, 0.2) is 0 Å². The van der Waals surface area contributed by atoms with Crippen LogP contribution in [0.1, 0.15) is 38.5 Å². The van der Waals surface area contributed by atoms with E-state index in [0.717, 1.165) is 19.3 Å². The molecule has 1 N–H and O–H groups in total. The molecule has 1 amide bonds. The van der Waals surface area contributed by atoms with Gasteiger partial charge in [-0.05, 0) is 24.8 Å². The van der Waals surface area contributed by atoms with Crippen LogP contribution in [0.25, 0.3) is 0 Å². The Kier molecular flexibility index (Phi) is 4.81. The Hall–Kier alpha value is -1.36. The maximum Gasteiger partial charge on any atom is 0.310 e. The molecule has 1 fully saturated rings.